The Labute approximate surface area is 117 Å². The first kappa shape index (κ1) is 14.1. The van der Waals surface area contributed by atoms with Crippen molar-refractivity contribution >= 4 is 11.7 Å². The molecule has 2 rings (SSSR count). The topological polar surface area (TPSA) is 41.1 Å². The van der Waals surface area contributed by atoms with E-state index in [-0.39, 0.29) is 11.8 Å². The monoisotopic (exact) mass is 272 g/mol. The SMILES string of the molecule is CCc1ccc(CNC(=O)Nc2ccc(F)cc2)cc1. The Morgan fingerprint density at radius 3 is 2.20 bits per heavy atom. The number of hydrogen-bond donors (Lipinski definition) is 2. The van der Waals surface area contributed by atoms with Crippen LogP contribution in [0.4, 0.5) is 14.9 Å². The minimum atomic E-state index is -0.327. The van der Waals surface area contributed by atoms with Crippen molar-refractivity contribution in [3.05, 3.63) is 65.5 Å². The van der Waals surface area contributed by atoms with Gasteiger partial charge in [0.2, 0.25) is 0 Å². The van der Waals surface area contributed by atoms with Crippen LogP contribution in [0.5, 0.6) is 0 Å². The van der Waals surface area contributed by atoms with E-state index in [9.17, 15) is 9.18 Å². The molecule has 0 unspecified atom stereocenters. The summed E-state index contributed by atoms with van der Waals surface area (Å²) in [5, 5.41) is 5.40. The van der Waals surface area contributed by atoms with Crippen molar-refractivity contribution in [2.45, 2.75) is 19.9 Å². The Morgan fingerprint density at radius 2 is 1.60 bits per heavy atom. The summed E-state index contributed by atoms with van der Waals surface area (Å²) in [7, 11) is 0. The molecule has 20 heavy (non-hydrogen) atoms. The average Bonchev–Trinajstić information content (AvgIpc) is 2.48. The highest BCUT2D eigenvalue weighted by atomic mass is 19.1. The van der Waals surface area contributed by atoms with Gasteiger partial charge in [0.1, 0.15) is 5.82 Å². The minimum Gasteiger partial charge on any atom is -0.334 e. The summed E-state index contributed by atoms with van der Waals surface area (Å²) >= 11 is 0. The van der Waals surface area contributed by atoms with Gasteiger partial charge in [-0.1, -0.05) is 31.2 Å². The van der Waals surface area contributed by atoms with Crippen LogP contribution < -0.4 is 10.6 Å². The van der Waals surface area contributed by atoms with Crippen LogP contribution in [0.25, 0.3) is 0 Å². The molecule has 0 aliphatic heterocycles. The van der Waals surface area contributed by atoms with Crippen molar-refractivity contribution in [3.8, 4) is 0 Å². The number of anilines is 1. The summed E-state index contributed by atoms with van der Waals surface area (Å²) in [6.45, 7) is 2.56. The van der Waals surface area contributed by atoms with Gasteiger partial charge < -0.3 is 10.6 Å². The lowest BCUT2D eigenvalue weighted by Crippen LogP contribution is -2.28. The zero-order valence-corrected chi connectivity index (χ0v) is 11.3. The number of carbonyl (C=O) groups is 1. The lowest BCUT2D eigenvalue weighted by Gasteiger charge is -2.08. The van der Waals surface area contributed by atoms with Gasteiger partial charge in [-0.3, -0.25) is 0 Å². The molecule has 0 atom stereocenters. The molecule has 4 heteroatoms. The number of aryl methyl sites for hydroxylation is 1. The summed E-state index contributed by atoms with van der Waals surface area (Å²) in [4.78, 5) is 11.7. The maximum atomic E-state index is 12.7. The van der Waals surface area contributed by atoms with Crippen LogP contribution in [0.3, 0.4) is 0 Å². The molecule has 2 N–H and O–H groups in total. The molecule has 2 amide bonds. The largest absolute Gasteiger partial charge is 0.334 e. The fourth-order valence-electron chi connectivity index (χ4n) is 1.78. The Kier molecular flexibility index (Phi) is 4.71. The second-order valence-corrected chi connectivity index (χ2v) is 4.48. The first-order chi connectivity index (χ1) is 9.67. The zero-order valence-electron chi connectivity index (χ0n) is 11.3. The van der Waals surface area contributed by atoms with E-state index in [0.29, 0.717) is 12.2 Å². The molecule has 0 spiro atoms. The standard InChI is InChI=1S/C16H17FN2O/c1-2-12-3-5-13(6-4-12)11-18-16(20)19-15-9-7-14(17)8-10-15/h3-10H,2,11H2,1H3,(H2,18,19,20). The Balaban J connectivity index is 1.83. The van der Waals surface area contributed by atoms with Gasteiger partial charge in [-0.25, -0.2) is 9.18 Å². The quantitative estimate of drug-likeness (QED) is 0.875. The van der Waals surface area contributed by atoms with Crippen LogP contribution in [0.1, 0.15) is 18.1 Å². The number of amides is 2. The van der Waals surface area contributed by atoms with E-state index in [4.69, 9.17) is 0 Å². The summed E-state index contributed by atoms with van der Waals surface area (Å²) in [6, 6.07) is 13.4. The number of rotatable bonds is 4. The fourth-order valence-corrected chi connectivity index (χ4v) is 1.78. The van der Waals surface area contributed by atoms with Gasteiger partial charge >= 0.3 is 6.03 Å². The van der Waals surface area contributed by atoms with Crippen LogP contribution in [0.2, 0.25) is 0 Å². The minimum absolute atomic E-state index is 0.309. The highest BCUT2D eigenvalue weighted by molar-refractivity contribution is 5.89. The molecule has 0 saturated carbocycles. The first-order valence-electron chi connectivity index (χ1n) is 6.55. The molecule has 0 radical (unpaired) electrons. The van der Waals surface area contributed by atoms with Crippen molar-refractivity contribution in [2.24, 2.45) is 0 Å². The molecule has 104 valence electrons. The number of benzene rings is 2. The first-order valence-corrected chi connectivity index (χ1v) is 6.55. The highest BCUT2D eigenvalue weighted by Gasteiger charge is 2.02. The highest BCUT2D eigenvalue weighted by Crippen LogP contribution is 2.08. The smallest absolute Gasteiger partial charge is 0.319 e. The lowest BCUT2D eigenvalue weighted by molar-refractivity contribution is 0.251. The van der Waals surface area contributed by atoms with E-state index in [2.05, 4.69) is 29.7 Å². The predicted molar refractivity (Wildman–Crippen MR) is 78.1 cm³/mol. The van der Waals surface area contributed by atoms with E-state index in [1.807, 2.05) is 12.1 Å². The average molecular weight is 272 g/mol. The lowest BCUT2D eigenvalue weighted by atomic mass is 10.1. The third-order valence-corrected chi connectivity index (χ3v) is 2.99. The molecule has 0 aliphatic rings. The second kappa shape index (κ2) is 6.70. The molecule has 0 bridgehead atoms. The molecule has 3 nitrogen and oxygen atoms in total. The maximum Gasteiger partial charge on any atom is 0.319 e. The van der Waals surface area contributed by atoms with E-state index in [1.165, 1.54) is 29.8 Å². The predicted octanol–water partition coefficient (Wildman–Crippen LogP) is 3.71. The molecule has 2 aromatic rings. The van der Waals surface area contributed by atoms with Crippen LogP contribution >= 0.6 is 0 Å². The number of urea groups is 1. The molecule has 0 aromatic heterocycles. The summed E-state index contributed by atoms with van der Waals surface area (Å²) in [5.41, 5.74) is 2.87. The van der Waals surface area contributed by atoms with Crippen molar-refractivity contribution in [2.75, 3.05) is 5.32 Å². The molecular weight excluding hydrogens is 255 g/mol. The maximum absolute atomic E-state index is 12.7. The van der Waals surface area contributed by atoms with Gasteiger partial charge in [-0.05, 0) is 41.8 Å². The van der Waals surface area contributed by atoms with Gasteiger partial charge in [-0.15, -0.1) is 0 Å². The van der Waals surface area contributed by atoms with E-state index in [0.717, 1.165) is 12.0 Å². The molecule has 0 saturated heterocycles. The number of hydrogen-bond acceptors (Lipinski definition) is 1. The van der Waals surface area contributed by atoms with Gasteiger partial charge in [0.25, 0.3) is 0 Å². The van der Waals surface area contributed by atoms with Crippen molar-refractivity contribution in [1.29, 1.82) is 0 Å². The zero-order chi connectivity index (χ0) is 14.4. The molecule has 0 heterocycles. The molecule has 0 aliphatic carbocycles. The van der Waals surface area contributed by atoms with Crippen LogP contribution in [0.15, 0.2) is 48.5 Å². The van der Waals surface area contributed by atoms with E-state index >= 15 is 0 Å². The third-order valence-electron chi connectivity index (χ3n) is 2.99. The van der Waals surface area contributed by atoms with Crippen molar-refractivity contribution < 1.29 is 9.18 Å². The summed E-state index contributed by atoms with van der Waals surface area (Å²) < 4.78 is 12.7. The van der Waals surface area contributed by atoms with Crippen LogP contribution in [-0.4, -0.2) is 6.03 Å². The number of nitrogens with one attached hydrogen (secondary N) is 2. The molecule has 0 fully saturated rings. The second-order valence-electron chi connectivity index (χ2n) is 4.48. The van der Waals surface area contributed by atoms with E-state index in [1.54, 1.807) is 0 Å². The van der Waals surface area contributed by atoms with Crippen LogP contribution in [0, 0.1) is 5.82 Å². The van der Waals surface area contributed by atoms with Crippen molar-refractivity contribution in [3.63, 3.8) is 0 Å². The number of halogens is 1. The summed E-state index contributed by atoms with van der Waals surface area (Å²) in [6.07, 6.45) is 0.999. The van der Waals surface area contributed by atoms with Gasteiger partial charge in [0, 0.05) is 12.2 Å². The van der Waals surface area contributed by atoms with Gasteiger partial charge in [0.05, 0.1) is 0 Å². The molecular formula is C16H17FN2O. The van der Waals surface area contributed by atoms with Crippen molar-refractivity contribution in [1.82, 2.24) is 5.32 Å². The Morgan fingerprint density at radius 1 is 1.00 bits per heavy atom. The van der Waals surface area contributed by atoms with Gasteiger partial charge in [0.15, 0.2) is 0 Å². The summed E-state index contributed by atoms with van der Waals surface area (Å²) in [5.74, 6) is -0.327. The van der Waals surface area contributed by atoms with Gasteiger partial charge in [-0.2, -0.15) is 0 Å². The third kappa shape index (κ3) is 4.09. The normalized spacial score (nSPS) is 10.1. The molecule has 2 aromatic carbocycles. The van der Waals surface area contributed by atoms with Crippen LogP contribution in [-0.2, 0) is 13.0 Å². The number of carbonyl (C=O) groups excluding carboxylic acids is 1. The Bertz CT molecular complexity index is 564. The Hall–Kier alpha value is -2.36. The fraction of sp³-hybridized carbons (Fsp3) is 0.188. The van der Waals surface area contributed by atoms with E-state index < -0.39 is 0 Å².